The van der Waals surface area contributed by atoms with E-state index in [2.05, 4.69) is 0 Å². The van der Waals surface area contributed by atoms with Crippen molar-refractivity contribution in [1.82, 2.24) is 0 Å². The zero-order chi connectivity index (χ0) is 8.43. The van der Waals surface area contributed by atoms with Crippen LogP contribution < -0.4 is 0 Å². The fourth-order valence-corrected chi connectivity index (χ4v) is 1.40. The summed E-state index contributed by atoms with van der Waals surface area (Å²) in [4.78, 5) is 10.8. The van der Waals surface area contributed by atoms with Gasteiger partial charge >= 0.3 is 0 Å². The maximum atomic E-state index is 10.8. The molecule has 0 radical (unpaired) electrons. The fraction of sp³-hybridized carbons (Fsp3) is 0.375. The molecule has 1 aromatic heterocycles. The van der Waals surface area contributed by atoms with Crippen LogP contribution in [0.5, 0.6) is 0 Å². The first-order valence-electron chi connectivity index (χ1n) is 3.30. The molecule has 11 heavy (non-hydrogen) atoms. The van der Waals surface area contributed by atoms with Gasteiger partial charge in [-0.3, -0.25) is 4.79 Å². The third kappa shape index (κ3) is 1.66. The van der Waals surface area contributed by atoms with E-state index in [0.717, 1.165) is 10.7 Å². The molecule has 0 amide bonds. The van der Waals surface area contributed by atoms with Crippen LogP contribution in [-0.2, 0) is 0 Å². The van der Waals surface area contributed by atoms with Gasteiger partial charge in [-0.25, -0.2) is 0 Å². The Kier molecular flexibility index (Phi) is 2.39. The third-order valence-electron chi connectivity index (χ3n) is 1.40. The molecule has 0 aliphatic carbocycles. The lowest BCUT2D eigenvalue weighted by molar-refractivity contribution is 0.0982. The van der Waals surface area contributed by atoms with Crippen molar-refractivity contribution in [2.45, 2.75) is 18.9 Å². The molecule has 0 aromatic carbocycles. The standard InChI is InChI=1S/C8H10O2S/c1-5-4-7(6(2)9)10-8(5)11-3/h4H,1-3H3. The largest absolute Gasteiger partial charge is 0.447 e. The molecule has 3 heteroatoms. The summed E-state index contributed by atoms with van der Waals surface area (Å²) in [6.45, 7) is 3.43. The molecule has 1 rings (SSSR count). The molecular formula is C8H10O2S. The molecule has 0 aliphatic heterocycles. The zero-order valence-electron chi connectivity index (χ0n) is 6.80. The molecule has 60 valence electrons. The molecule has 0 aliphatic rings. The van der Waals surface area contributed by atoms with Gasteiger partial charge in [0.1, 0.15) is 0 Å². The van der Waals surface area contributed by atoms with Gasteiger partial charge in [-0.05, 0) is 19.2 Å². The predicted octanol–water partition coefficient (Wildman–Crippen LogP) is 2.51. The highest BCUT2D eigenvalue weighted by Gasteiger charge is 2.08. The van der Waals surface area contributed by atoms with Crippen LogP contribution in [0.25, 0.3) is 0 Å². The smallest absolute Gasteiger partial charge is 0.194 e. The second kappa shape index (κ2) is 3.13. The topological polar surface area (TPSA) is 30.2 Å². The van der Waals surface area contributed by atoms with Crippen molar-refractivity contribution < 1.29 is 9.21 Å². The molecule has 0 fully saturated rings. The highest BCUT2D eigenvalue weighted by molar-refractivity contribution is 7.98. The first-order chi connectivity index (χ1) is 5.15. The number of furan rings is 1. The lowest BCUT2D eigenvalue weighted by Gasteiger charge is -1.88. The molecule has 0 saturated carbocycles. The van der Waals surface area contributed by atoms with Gasteiger partial charge in [0, 0.05) is 12.5 Å². The van der Waals surface area contributed by atoms with E-state index < -0.39 is 0 Å². The van der Waals surface area contributed by atoms with E-state index in [-0.39, 0.29) is 5.78 Å². The summed E-state index contributed by atoms with van der Waals surface area (Å²) in [6, 6.07) is 1.77. The number of aryl methyl sites for hydroxylation is 1. The minimum Gasteiger partial charge on any atom is -0.447 e. The Bertz CT molecular complexity index is 276. The molecular weight excluding hydrogens is 160 g/mol. The average molecular weight is 170 g/mol. The second-order valence-corrected chi connectivity index (χ2v) is 3.12. The summed E-state index contributed by atoms with van der Waals surface area (Å²) < 4.78 is 5.24. The highest BCUT2D eigenvalue weighted by Crippen LogP contribution is 2.23. The van der Waals surface area contributed by atoms with E-state index in [1.807, 2.05) is 13.2 Å². The number of carbonyl (C=O) groups is 1. The Morgan fingerprint density at radius 2 is 2.27 bits per heavy atom. The number of hydrogen-bond donors (Lipinski definition) is 0. The maximum Gasteiger partial charge on any atom is 0.194 e. The summed E-state index contributed by atoms with van der Waals surface area (Å²) in [5.41, 5.74) is 1.03. The molecule has 0 spiro atoms. The van der Waals surface area contributed by atoms with Gasteiger partial charge in [0.25, 0.3) is 0 Å². The summed E-state index contributed by atoms with van der Waals surface area (Å²) >= 11 is 1.51. The van der Waals surface area contributed by atoms with Crippen molar-refractivity contribution in [3.05, 3.63) is 17.4 Å². The Morgan fingerprint density at radius 1 is 1.64 bits per heavy atom. The van der Waals surface area contributed by atoms with Crippen LogP contribution in [0.1, 0.15) is 23.0 Å². The summed E-state index contributed by atoms with van der Waals surface area (Å²) in [5, 5.41) is 0.829. The van der Waals surface area contributed by atoms with Crippen LogP contribution in [0.4, 0.5) is 0 Å². The minimum absolute atomic E-state index is 0.0200. The van der Waals surface area contributed by atoms with E-state index in [4.69, 9.17) is 4.42 Å². The van der Waals surface area contributed by atoms with E-state index in [9.17, 15) is 4.79 Å². The molecule has 1 aromatic rings. The van der Waals surface area contributed by atoms with E-state index in [0.29, 0.717) is 5.76 Å². The average Bonchev–Trinajstić information content (AvgIpc) is 2.31. The summed E-state index contributed by atoms with van der Waals surface area (Å²) in [7, 11) is 0. The first-order valence-corrected chi connectivity index (χ1v) is 4.53. The second-order valence-electron chi connectivity index (χ2n) is 2.34. The van der Waals surface area contributed by atoms with Crippen molar-refractivity contribution in [3.8, 4) is 0 Å². The van der Waals surface area contributed by atoms with Crippen LogP contribution in [0, 0.1) is 6.92 Å². The Balaban J connectivity index is 3.05. The zero-order valence-corrected chi connectivity index (χ0v) is 7.62. The quantitative estimate of drug-likeness (QED) is 0.504. The van der Waals surface area contributed by atoms with Crippen LogP contribution in [0.3, 0.4) is 0 Å². The monoisotopic (exact) mass is 170 g/mol. The van der Waals surface area contributed by atoms with E-state index in [1.165, 1.54) is 18.7 Å². The molecule has 0 unspecified atom stereocenters. The number of carbonyl (C=O) groups excluding carboxylic acids is 1. The van der Waals surface area contributed by atoms with Gasteiger partial charge in [0.05, 0.1) is 0 Å². The van der Waals surface area contributed by atoms with Gasteiger partial charge < -0.3 is 4.42 Å². The number of ketones is 1. The third-order valence-corrected chi connectivity index (χ3v) is 2.18. The van der Waals surface area contributed by atoms with Crippen LogP contribution in [-0.4, -0.2) is 12.0 Å². The van der Waals surface area contributed by atoms with Gasteiger partial charge in [0.2, 0.25) is 0 Å². The molecule has 0 N–H and O–H groups in total. The van der Waals surface area contributed by atoms with Crippen molar-refractivity contribution in [3.63, 3.8) is 0 Å². The van der Waals surface area contributed by atoms with Crippen molar-refractivity contribution in [2.75, 3.05) is 6.26 Å². The minimum atomic E-state index is -0.0200. The van der Waals surface area contributed by atoms with Gasteiger partial charge in [0.15, 0.2) is 16.6 Å². The van der Waals surface area contributed by atoms with E-state index >= 15 is 0 Å². The first kappa shape index (κ1) is 8.40. The summed E-state index contributed by atoms with van der Waals surface area (Å²) in [6.07, 6.45) is 1.93. The normalized spacial score (nSPS) is 10.1. The molecule has 1 heterocycles. The molecule has 0 bridgehead atoms. The van der Waals surface area contributed by atoms with Gasteiger partial charge in [-0.2, -0.15) is 0 Å². The molecule has 0 atom stereocenters. The maximum absolute atomic E-state index is 10.8. The Hall–Kier alpha value is -0.700. The Labute approximate surface area is 70.0 Å². The number of rotatable bonds is 2. The SMILES string of the molecule is CSc1oc(C(C)=O)cc1C. The number of hydrogen-bond acceptors (Lipinski definition) is 3. The molecule has 0 saturated heterocycles. The van der Waals surface area contributed by atoms with E-state index in [1.54, 1.807) is 6.07 Å². The van der Waals surface area contributed by atoms with Crippen LogP contribution in [0.15, 0.2) is 15.6 Å². The van der Waals surface area contributed by atoms with Crippen LogP contribution >= 0.6 is 11.8 Å². The summed E-state index contributed by atoms with van der Waals surface area (Å²) in [5.74, 6) is 0.431. The Morgan fingerprint density at radius 3 is 2.55 bits per heavy atom. The predicted molar refractivity (Wildman–Crippen MR) is 45.2 cm³/mol. The van der Waals surface area contributed by atoms with Crippen molar-refractivity contribution in [1.29, 1.82) is 0 Å². The van der Waals surface area contributed by atoms with Gasteiger partial charge in [-0.15, -0.1) is 0 Å². The molecule has 2 nitrogen and oxygen atoms in total. The van der Waals surface area contributed by atoms with Gasteiger partial charge in [-0.1, -0.05) is 11.8 Å². The van der Waals surface area contributed by atoms with Crippen molar-refractivity contribution >= 4 is 17.5 Å². The van der Waals surface area contributed by atoms with Crippen molar-refractivity contribution in [2.24, 2.45) is 0 Å². The van der Waals surface area contributed by atoms with Crippen LogP contribution in [0.2, 0.25) is 0 Å². The fourth-order valence-electron chi connectivity index (χ4n) is 0.842. The lowest BCUT2D eigenvalue weighted by atomic mass is 10.3. The lowest BCUT2D eigenvalue weighted by Crippen LogP contribution is -1.85. The number of Topliss-reactive ketones (excluding diaryl/α,β-unsaturated/α-hetero) is 1. The number of thioether (sulfide) groups is 1. The highest BCUT2D eigenvalue weighted by atomic mass is 32.2.